The average Bonchev–Trinajstić information content (AvgIpc) is 3.16. The first-order valence-electron chi connectivity index (χ1n) is 12.6. The van der Waals surface area contributed by atoms with Gasteiger partial charge in [-0.1, -0.05) is 18.2 Å². The molecule has 1 amide bonds. The van der Waals surface area contributed by atoms with Crippen molar-refractivity contribution in [1.82, 2.24) is 20.1 Å². The van der Waals surface area contributed by atoms with Gasteiger partial charge in [-0.2, -0.15) is 0 Å². The van der Waals surface area contributed by atoms with Gasteiger partial charge in [0.15, 0.2) is 0 Å². The zero-order valence-electron chi connectivity index (χ0n) is 19.9. The molecule has 1 aromatic heterocycles. The van der Waals surface area contributed by atoms with E-state index in [0.717, 1.165) is 76.2 Å². The maximum absolute atomic E-state index is 13.0. The number of pyridine rings is 1. The van der Waals surface area contributed by atoms with Crippen molar-refractivity contribution in [2.24, 2.45) is 0 Å². The van der Waals surface area contributed by atoms with Crippen LogP contribution in [-0.2, 0) is 13.1 Å². The van der Waals surface area contributed by atoms with Gasteiger partial charge < -0.3 is 15.0 Å². The lowest BCUT2D eigenvalue weighted by atomic mass is 9.88. The summed E-state index contributed by atoms with van der Waals surface area (Å²) in [6.07, 6.45) is 4.69. The monoisotopic (exact) mass is 448 g/mol. The van der Waals surface area contributed by atoms with Crippen LogP contribution in [0.2, 0.25) is 0 Å². The summed E-state index contributed by atoms with van der Waals surface area (Å²) in [5.41, 5.74) is 4.60. The van der Waals surface area contributed by atoms with Gasteiger partial charge in [-0.05, 0) is 88.3 Å². The number of hydrogen-bond donors (Lipinski definition) is 1. The summed E-state index contributed by atoms with van der Waals surface area (Å²) < 4.78 is 5.75. The minimum absolute atomic E-state index is 0.137. The molecule has 0 radical (unpaired) electrons. The standard InChI is InChI=1S/C27H36N4O2/c1-19(2)33-26-7-3-5-23(29-26)18-30-13-10-20(11-14-30)21-8-9-25-22(15-21)17-31(27(25)32)24-6-4-12-28-16-24/h3,5,7-9,15,19-20,24,28H,4,6,10-14,16-18H2,1-2H3. The Bertz CT molecular complexity index is 978. The molecule has 2 aromatic rings. The third-order valence-electron chi connectivity index (χ3n) is 7.26. The van der Waals surface area contributed by atoms with E-state index in [4.69, 9.17) is 4.74 Å². The van der Waals surface area contributed by atoms with Gasteiger partial charge in [0.05, 0.1) is 11.8 Å². The first kappa shape index (κ1) is 22.4. The zero-order valence-corrected chi connectivity index (χ0v) is 19.9. The van der Waals surface area contributed by atoms with E-state index in [2.05, 4.69) is 44.4 Å². The highest BCUT2D eigenvalue weighted by atomic mass is 16.5. The van der Waals surface area contributed by atoms with Gasteiger partial charge >= 0.3 is 0 Å². The molecule has 1 aromatic carbocycles. The minimum Gasteiger partial charge on any atom is -0.475 e. The van der Waals surface area contributed by atoms with Gasteiger partial charge in [0.2, 0.25) is 5.88 Å². The Morgan fingerprint density at radius 1 is 1.15 bits per heavy atom. The van der Waals surface area contributed by atoms with E-state index >= 15 is 0 Å². The molecule has 0 spiro atoms. The van der Waals surface area contributed by atoms with Crippen molar-refractivity contribution in [3.8, 4) is 5.88 Å². The fraction of sp³-hybridized carbons (Fsp3) is 0.556. The van der Waals surface area contributed by atoms with E-state index in [1.807, 2.05) is 26.0 Å². The molecule has 1 atom stereocenters. The van der Waals surface area contributed by atoms with Crippen LogP contribution in [0.1, 0.15) is 72.6 Å². The van der Waals surface area contributed by atoms with E-state index in [1.54, 1.807) is 0 Å². The van der Waals surface area contributed by atoms with Gasteiger partial charge in [-0.25, -0.2) is 4.98 Å². The quantitative estimate of drug-likeness (QED) is 0.725. The minimum atomic E-state index is 0.137. The maximum atomic E-state index is 13.0. The Labute approximate surface area is 197 Å². The van der Waals surface area contributed by atoms with Crippen LogP contribution in [0.5, 0.6) is 5.88 Å². The van der Waals surface area contributed by atoms with Crippen molar-refractivity contribution in [3.05, 3.63) is 58.8 Å². The Morgan fingerprint density at radius 2 is 2.00 bits per heavy atom. The molecule has 33 heavy (non-hydrogen) atoms. The van der Waals surface area contributed by atoms with Crippen molar-refractivity contribution in [3.63, 3.8) is 0 Å². The fourth-order valence-corrected chi connectivity index (χ4v) is 5.52. The lowest BCUT2D eigenvalue weighted by Gasteiger charge is -2.32. The second-order valence-electron chi connectivity index (χ2n) is 10.0. The predicted molar refractivity (Wildman–Crippen MR) is 129 cm³/mol. The molecule has 3 aliphatic heterocycles. The topological polar surface area (TPSA) is 57.7 Å². The number of likely N-dealkylation sites (tertiary alicyclic amines) is 1. The predicted octanol–water partition coefficient (Wildman–Crippen LogP) is 3.96. The lowest BCUT2D eigenvalue weighted by Crippen LogP contribution is -2.46. The molecule has 176 valence electrons. The molecule has 6 nitrogen and oxygen atoms in total. The molecular weight excluding hydrogens is 412 g/mol. The smallest absolute Gasteiger partial charge is 0.254 e. The Morgan fingerprint density at radius 3 is 2.76 bits per heavy atom. The summed E-state index contributed by atoms with van der Waals surface area (Å²) in [6, 6.07) is 13.0. The van der Waals surface area contributed by atoms with Crippen LogP contribution in [0.15, 0.2) is 36.4 Å². The number of fused-ring (bicyclic) bond motifs is 1. The number of rotatable bonds is 6. The second kappa shape index (κ2) is 9.82. The molecule has 0 saturated carbocycles. The summed E-state index contributed by atoms with van der Waals surface area (Å²) in [7, 11) is 0. The summed E-state index contributed by atoms with van der Waals surface area (Å²) in [4.78, 5) is 22.2. The number of ether oxygens (including phenoxy) is 1. The molecule has 2 fully saturated rings. The van der Waals surface area contributed by atoms with E-state index in [1.165, 1.54) is 11.1 Å². The molecule has 0 bridgehead atoms. The van der Waals surface area contributed by atoms with Crippen LogP contribution in [0, 0.1) is 0 Å². The van der Waals surface area contributed by atoms with E-state index in [0.29, 0.717) is 17.8 Å². The molecule has 3 aliphatic rings. The second-order valence-corrected chi connectivity index (χ2v) is 10.0. The highest BCUT2D eigenvalue weighted by Gasteiger charge is 2.34. The van der Waals surface area contributed by atoms with Crippen LogP contribution in [0.25, 0.3) is 0 Å². The highest BCUT2D eigenvalue weighted by Crippen LogP contribution is 2.33. The third kappa shape index (κ3) is 5.07. The van der Waals surface area contributed by atoms with Gasteiger partial charge in [-0.3, -0.25) is 9.69 Å². The first-order valence-corrected chi connectivity index (χ1v) is 12.6. The summed E-state index contributed by atoms with van der Waals surface area (Å²) in [5, 5.41) is 3.44. The maximum Gasteiger partial charge on any atom is 0.254 e. The normalized spacial score (nSPS) is 22.1. The SMILES string of the molecule is CC(C)Oc1cccc(CN2CCC(c3ccc4c(c3)CN(C3CCCNC3)C4=O)CC2)n1. The third-order valence-corrected chi connectivity index (χ3v) is 7.26. The summed E-state index contributed by atoms with van der Waals surface area (Å²) in [5.74, 6) is 1.50. The number of nitrogens with zero attached hydrogens (tertiary/aromatic N) is 3. The zero-order chi connectivity index (χ0) is 22.8. The Kier molecular flexibility index (Phi) is 6.65. The molecular formula is C27H36N4O2. The van der Waals surface area contributed by atoms with E-state index in [9.17, 15) is 4.79 Å². The van der Waals surface area contributed by atoms with Crippen LogP contribution < -0.4 is 10.1 Å². The van der Waals surface area contributed by atoms with Crippen molar-refractivity contribution in [2.75, 3.05) is 26.2 Å². The number of piperidine rings is 2. The van der Waals surface area contributed by atoms with Gasteiger partial charge in [0.1, 0.15) is 0 Å². The molecule has 4 heterocycles. The Hall–Kier alpha value is -2.44. The van der Waals surface area contributed by atoms with Crippen molar-refractivity contribution < 1.29 is 9.53 Å². The molecule has 1 unspecified atom stereocenters. The molecule has 5 rings (SSSR count). The largest absolute Gasteiger partial charge is 0.475 e. The fourth-order valence-electron chi connectivity index (χ4n) is 5.52. The number of carbonyl (C=O) groups is 1. The number of carbonyl (C=O) groups excluding carboxylic acids is 1. The lowest BCUT2D eigenvalue weighted by molar-refractivity contribution is 0.0674. The summed E-state index contributed by atoms with van der Waals surface area (Å²) in [6.45, 7) is 9.82. The Balaban J connectivity index is 1.18. The van der Waals surface area contributed by atoms with Gasteiger partial charge in [-0.15, -0.1) is 0 Å². The van der Waals surface area contributed by atoms with Crippen molar-refractivity contribution in [1.29, 1.82) is 0 Å². The van der Waals surface area contributed by atoms with E-state index in [-0.39, 0.29) is 12.0 Å². The van der Waals surface area contributed by atoms with Gasteiger partial charge in [0.25, 0.3) is 5.91 Å². The van der Waals surface area contributed by atoms with Crippen LogP contribution in [0.4, 0.5) is 0 Å². The van der Waals surface area contributed by atoms with E-state index < -0.39 is 0 Å². The number of aromatic nitrogens is 1. The van der Waals surface area contributed by atoms with Crippen molar-refractivity contribution in [2.45, 2.75) is 70.7 Å². The number of hydrogen-bond acceptors (Lipinski definition) is 5. The van der Waals surface area contributed by atoms with Crippen LogP contribution in [0.3, 0.4) is 0 Å². The molecule has 2 saturated heterocycles. The summed E-state index contributed by atoms with van der Waals surface area (Å²) >= 11 is 0. The number of amides is 1. The molecule has 6 heteroatoms. The average molecular weight is 449 g/mol. The number of benzene rings is 1. The first-order chi connectivity index (χ1) is 16.1. The van der Waals surface area contributed by atoms with Crippen LogP contribution in [-0.4, -0.2) is 59.0 Å². The highest BCUT2D eigenvalue weighted by molar-refractivity contribution is 5.98. The van der Waals surface area contributed by atoms with Crippen LogP contribution >= 0.6 is 0 Å². The number of nitrogens with one attached hydrogen (secondary N) is 1. The van der Waals surface area contributed by atoms with Gasteiger partial charge in [0, 0.05) is 37.3 Å². The molecule has 0 aliphatic carbocycles. The molecule has 1 N–H and O–H groups in total. The van der Waals surface area contributed by atoms with Crippen molar-refractivity contribution >= 4 is 5.91 Å².